The van der Waals surface area contributed by atoms with E-state index in [-0.39, 0.29) is 30.8 Å². The summed E-state index contributed by atoms with van der Waals surface area (Å²) in [5.41, 5.74) is 1.74. The maximum Gasteiger partial charge on any atom is 0.305 e. The van der Waals surface area contributed by atoms with Crippen LogP contribution >= 0.6 is 23.2 Å². The maximum absolute atomic E-state index is 14.4. The summed E-state index contributed by atoms with van der Waals surface area (Å²) in [6, 6.07) is 12.2. The quantitative estimate of drug-likeness (QED) is 0.273. The molecule has 1 unspecified atom stereocenters. The van der Waals surface area contributed by atoms with Gasteiger partial charge in [-0.3, -0.25) is 19.4 Å². The van der Waals surface area contributed by atoms with Crippen LogP contribution in [-0.4, -0.2) is 45.7 Å². The van der Waals surface area contributed by atoms with E-state index in [1.54, 1.807) is 30.3 Å². The van der Waals surface area contributed by atoms with Crippen molar-refractivity contribution < 1.29 is 19.5 Å². The van der Waals surface area contributed by atoms with Crippen LogP contribution in [0, 0.1) is 17.8 Å². The molecule has 2 aliphatic rings. The first kappa shape index (κ1) is 32.0. The van der Waals surface area contributed by atoms with E-state index >= 15 is 0 Å². The smallest absolute Gasteiger partial charge is 0.305 e. The van der Waals surface area contributed by atoms with Gasteiger partial charge in [-0.1, -0.05) is 63.0 Å². The van der Waals surface area contributed by atoms with Gasteiger partial charge in [0, 0.05) is 27.7 Å². The maximum atomic E-state index is 14.4. The van der Waals surface area contributed by atoms with Crippen LogP contribution < -0.4 is 5.32 Å². The Hall–Kier alpha value is -2.90. The van der Waals surface area contributed by atoms with Crippen LogP contribution in [-0.2, 0) is 9.59 Å². The van der Waals surface area contributed by atoms with Crippen LogP contribution in [0.15, 0.2) is 47.5 Å². The molecule has 0 saturated heterocycles. The number of hydrogen-bond donors (Lipinski definition) is 2. The number of benzene rings is 2. The Balaban J connectivity index is 1.71. The van der Waals surface area contributed by atoms with Crippen molar-refractivity contribution in [3.63, 3.8) is 0 Å². The molecule has 2 N–H and O–H groups in total. The Labute approximate surface area is 258 Å². The summed E-state index contributed by atoms with van der Waals surface area (Å²) in [6.07, 6.45) is 5.06. The fourth-order valence-electron chi connectivity index (χ4n) is 6.22. The van der Waals surface area contributed by atoms with E-state index in [0.29, 0.717) is 44.6 Å². The largest absolute Gasteiger partial charge is 0.481 e. The highest BCUT2D eigenvalue weighted by molar-refractivity contribution is 6.47. The average molecular weight is 615 g/mol. The van der Waals surface area contributed by atoms with Gasteiger partial charge in [-0.2, -0.15) is 0 Å². The minimum Gasteiger partial charge on any atom is -0.481 e. The van der Waals surface area contributed by atoms with Crippen LogP contribution in [0.5, 0.6) is 0 Å². The molecule has 1 aliphatic heterocycles. The third kappa shape index (κ3) is 7.35. The molecular formula is C33H41Cl2N3O4. The standard InChI is InChI=1S/C33H41Cl2N3O4/c1-20(2)5-10-28(23-6-8-24(9-7-23)31(41)36-16-13-29(39)40)38-32(42)30(25-17-26(34)19-27(35)18-25)37-33(38)14-11-22(12-15-33)21(3)4/h6-9,17-22,28H,5,10-16H2,1-4H3,(H,36,41)(H,39,40). The van der Waals surface area contributed by atoms with E-state index in [4.69, 9.17) is 33.3 Å². The number of amides is 2. The van der Waals surface area contributed by atoms with Gasteiger partial charge in [0.1, 0.15) is 11.4 Å². The van der Waals surface area contributed by atoms with Gasteiger partial charge in [-0.15, -0.1) is 0 Å². The first-order chi connectivity index (χ1) is 19.9. The fourth-order valence-corrected chi connectivity index (χ4v) is 6.75. The van der Waals surface area contributed by atoms with E-state index in [1.807, 2.05) is 17.0 Å². The summed E-state index contributed by atoms with van der Waals surface area (Å²) in [7, 11) is 0. The number of aliphatic carboxylic acids is 1. The molecule has 0 aromatic heterocycles. The Kier molecular flexibility index (Phi) is 10.4. The van der Waals surface area contributed by atoms with Crippen molar-refractivity contribution in [2.24, 2.45) is 22.7 Å². The molecule has 2 aromatic rings. The molecule has 2 aromatic carbocycles. The Morgan fingerprint density at radius 2 is 1.64 bits per heavy atom. The number of nitrogens with zero attached hydrogens (tertiary/aromatic N) is 2. The predicted octanol–water partition coefficient (Wildman–Crippen LogP) is 7.55. The number of nitrogens with one attached hydrogen (secondary N) is 1. The number of carboxylic acids is 1. The summed E-state index contributed by atoms with van der Waals surface area (Å²) in [4.78, 5) is 45.1. The first-order valence-electron chi connectivity index (χ1n) is 14.9. The molecule has 1 heterocycles. The molecular weight excluding hydrogens is 573 g/mol. The Morgan fingerprint density at radius 1 is 1.02 bits per heavy atom. The zero-order valence-corrected chi connectivity index (χ0v) is 26.3. The van der Waals surface area contributed by atoms with E-state index < -0.39 is 11.6 Å². The van der Waals surface area contributed by atoms with Crippen molar-refractivity contribution in [3.8, 4) is 0 Å². The summed E-state index contributed by atoms with van der Waals surface area (Å²) in [6.45, 7) is 8.92. The summed E-state index contributed by atoms with van der Waals surface area (Å²) in [5.74, 6) is 0.164. The second kappa shape index (κ2) is 13.6. The normalized spacial score (nSPS) is 21.2. The molecule has 1 aliphatic carbocycles. The molecule has 9 heteroatoms. The zero-order valence-electron chi connectivity index (χ0n) is 24.8. The summed E-state index contributed by atoms with van der Waals surface area (Å²) in [5, 5.41) is 12.4. The van der Waals surface area contributed by atoms with Crippen LogP contribution in [0.3, 0.4) is 0 Å². The second-order valence-electron chi connectivity index (χ2n) is 12.4. The summed E-state index contributed by atoms with van der Waals surface area (Å²) >= 11 is 12.7. The topological polar surface area (TPSA) is 99.1 Å². The third-order valence-electron chi connectivity index (χ3n) is 8.61. The highest BCUT2D eigenvalue weighted by Crippen LogP contribution is 2.48. The molecule has 1 atom stereocenters. The van der Waals surface area contributed by atoms with E-state index in [1.165, 1.54) is 0 Å². The third-order valence-corrected chi connectivity index (χ3v) is 9.05. The fraction of sp³-hybridized carbons (Fsp3) is 0.515. The lowest BCUT2D eigenvalue weighted by molar-refractivity contribution is -0.137. The number of hydrogen-bond acceptors (Lipinski definition) is 4. The molecule has 0 radical (unpaired) electrons. The monoisotopic (exact) mass is 613 g/mol. The van der Waals surface area contributed by atoms with Crippen LogP contribution in [0.1, 0.15) is 100 Å². The molecule has 2 amide bonds. The van der Waals surface area contributed by atoms with Gasteiger partial charge >= 0.3 is 5.97 Å². The lowest BCUT2D eigenvalue weighted by Gasteiger charge is -2.46. The Morgan fingerprint density at radius 3 is 2.19 bits per heavy atom. The SMILES string of the molecule is CC(C)CCC(c1ccc(C(=O)NCCC(=O)O)cc1)N1C(=O)C(c2cc(Cl)cc(Cl)c2)=NC12CCC(C(C)C)CC2. The van der Waals surface area contributed by atoms with Gasteiger partial charge in [-0.25, -0.2) is 0 Å². The molecule has 0 bridgehead atoms. The first-order valence-corrected chi connectivity index (χ1v) is 15.7. The van der Waals surface area contributed by atoms with E-state index in [2.05, 4.69) is 33.0 Å². The molecule has 1 saturated carbocycles. The van der Waals surface area contributed by atoms with Gasteiger partial charge < -0.3 is 15.3 Å². The number of carboxylic acid groups (broad SMARTS) is 1. The molecule has 1 fully saturated rings. The van der Waals surface area contributed by atoms with Gasteiger partial charge in [-0.05, 0) is 92.2 Å². The van der Waals surface area contributed by atoms with Gasteiger partial charge in [0.15, 0.2) is 0 Å². The Bertz CT molecular complexity index is 1310. The van der Waals surface area contributed by atoms with Crippen LogP contribution in [0.4, 0.5) is 0 Å². The molecule has 226 valence electrons. The minimum atomic E-state index is -0.966. The number of halogens is 2. The van der Waals surface area contributed by atoms with Crippen molar-refractivity contribution in [2.45, 2.75) is 84.3 Å². The molecule has 4 rings (SSSR count). The zero-order chi connectivity index (χ0) is 30.6. The average Bonchev–Trinajstić information content (AvgIpc) is 3.20. The number of aliphatic imine (C=N–C) groups is 1. The van der Waals surface area contributed by atoms with Crippen molar-refractivity contribution in [1.82, 2.24) is 10.2 Å². The number of rotatable bonds is 11. The van der Waals surface area contributed by atoms with Crippen molar-refractivity contribution in [1.29, 1.82) is 0 Å². The number of carbonyl (C=O) groups excluding carboxylic acids is 2. The number of carbonyl (C=O) groups is 3. The molecule has 42 heavy (non-hydrogen) atoms. The molecule has 1 spiro atoms. The van der Waals surface area contributed by atoms with Crippen LogP contribution in [0.2, 0.25) is 10.0 Å². The second-order valence-corrected chi connectivity index (χ2v) is 13.2. The summed E-state index contributed by atoms with van der Waals surface area (Å²) < 4.78 is 0. The molecule has 7 nitrogen and oxygen atoms in total. The minimum absolute atomic E-state index is 0.0583. The van der Waals surface area contributed by atoms with Gasteiger partial charge in [0.05, 0.1) is 12.5 Å². The van der Waals surface area contributed by atoms with Crippen molar-refractivity contribution >= 4 is 46.7 Å². The van der Waals surface area contributed by atoms with Crippen molar-refractivity contribution in [2.75, 3.05) is 6.54 Å². The van der Waals surface area contributed by atoms with E-state index in [0.717, 1.165) is 44.1 Å². The lowest BCUT2D eigenvalue weighted by Crippen LogP contribution is -2.51. The van der Waals surface area contributed by atoms with Crippen LogP contribution in [0.25, 0.3) is 0 Å². The van der Waals surface area contributed by atoms with Gasteiger partial charge in [0.25, 0.3) is 11.8 Å². The van der Waals surface area contributed by atoms with Crippen molar-refractivity contribution in [3.05, 3.63) is 69.2 Å². The highest BCUT2D eigenvalue weighted by atomic mass is 35.5. The van der Waals surface area contributed by atoms with Gasteiger partial charge in [0.2, 0.25) is 0 Å². The predicted molar refractivity (Wildman–Crippen MR) is 167 cm³/mol. The van der Waals surface area contributed by atoms with E-state index in [9.17, 15) is 14.4 Å². The lowest BCUT2D eigenvalue weighted by atomic mass is 9.75. The highest BCUT2D eigenvalue weighted by Gasteiger charge is 2.52.